The second-order valence-corrected chi connectivity index (χ2v) is 10.4. The molecule has 3 saturated heterocycles. The van der Waals surface area contributed by atoms with Crippen LogP contribution in [-0.2, 0) is 9.47 Å². The van der Waals surface area contributed by atoms with Crippen molar-refractivity contribution in [3.8, 4) is 5.69 Å². The second kappa shape index (κ2) is 10.9. The van der Waals surface area contributed by atoms with Gasteiger partial charge in [0.25, 0.3) is 0 Å². The molecule has 2 atom stereocenters. The van der Waals surface area contributed by atoms with Crippen LogP contribution in [0.15, 0.2) is 42.7 Å². The van der Waals surface area contributed by atoms with Crippen molar-refractivity contribution < 1.29 is 13.9 Å². The summed E-state index contributed by atoms with van der Waals surface area (Å²) < 4.78 is 27.3. The lowest BCUT2D eigenvalue weighted by Gasteiger charge is -2.43. The number of hydrogen-bond donors (Lipinski definition) is 1. The van der Waals surface area contributed by atoms with Crippen LogP contribution in [0, 0.1) is 12.7 Å². The van der Waals surface area contributed by atoms with Crippen molar-refractivity contribution in [3.05, 3.63) is 54.1 Å². The fourth-order valence-corrected chi connectivity index (χ4v) is 5.77. The third-order valence-corrected chi connectivity index (χ3v) is 7.77. The number of halogens is 1. The van der Waals surface area contributed by atoms with Gasteiger partial charge in [-0.15, -0.1) is 5.10 Å². The Morgan fingerprint density at radius 3 is 2.58 bits per heavy atom. The summed E-state index contributed by atoms with van der Waals surface area (Å²) in [5.74, 6) is 0.176. The third kappa shape index (κ3) is 5.34. The maximum absolute atomic E-state index is 14.6. The SMILES string of the molecule is COC[C@H]1CCCN1c1cc(F)cc(-n2cnc(Nc3cc(C)cc(N4CCN(C5CCO5)CC4)c3)n2)c1. The molecule has 3 aliphatic heterocycles. The number of nitrogens with zero attached hydrogens (tertiary/aromatic N) is 6. The van der Waals surface area contributed by atoms with Crippen LogP contribution >= 0.6 is 0 Å². The lowest BCUT2D eigenvalue weighted by atomic mass is 10.1. The quantitative estimate of drug-likeness (QED) is 0.478. The zero-order valence-corrected chi connectivity index (χ0v) is 22.1. The Labute approximate surface area is 223 Å². The van der Waals surface area contributed by atoms with Gasteiger partial charge < -0.3 is 24.6 Å². The van der Waals surface area contributed by atoms with Crippen molar-refractivity contribution in [2.75, 3.05) is 68.2 Å². The minimum absolute atomic E-state index is 0.257. The van der Waals surface area contributed by atoms with Gasteiger partial charge in [0, 0.05) is 63.3 Å². The van der Waals surface area contributed by atoms with Gasteiger partial charge >= 0.3 is 0 Å². The van der Waals surface area contributed by atoms with Gasteiger partial charge in [-0.1, -0.05) is 0 Å². The lowest BCUT2D eigenvalue weighted by molar-refractivity contribution is -0.145. The number of aromatic nitrogens is 3. The van der Waals surface area contributed by atoms with Gasteiger partial charge in [0.1, 0.15) is 18.4 Å². The van der Waals surface area contributed by atoms with Crippen LogP contribution in [0.5, 0.6) is 0 Å². The van der Waals surface area contributed by atoms with Crippen molar-refractivity contribution in [3.63, 3.8) is 0 Å². The molecule has 38 heavy (non-hydrogen) atoms. The van der Waals surface area contributed by atoms with E-state index in [-0.39, 0.29) is 11.9 Å². The van der Waals surface area contributed by atoms with Gasteiger partial charge in [0.2, 0.25) is 5.95 Å². The van der Waals surface area contributed by atoms with Crippen LogP contribution in [0.2, 0.25) is 0 Å². The molecule has 0 bridgehead atoms. The second-order valence-electron chi connectivity index (χ2n) is 10.4. The van der Waals surface area contributed by atoms with Crippen LogP contribution in [-0.4, -0.2) is 85.0 Å². The van der Waals surface area contributed by atoms with E-state index in [2.05, 4.69) is 55.2 Å². The summed E-state index contributed by atoms with van der Waals surface area (Å²) >= 11 is 0. The molecular weight excluding hydrogens is 485 g/mol. The Kier molecular flexibility index (Phi) is 7.18. The molecule has 2 aromatic carbocycles. The molecule has 1 N–H and O–H groups in total. The van der Waals surface area contributed by atoms with E-state index in [1.807, 2.05) is 6.07 Å². The van der Waals surface area contributed by atoms with Crippen LogP contribution in [0.4, 0.5) is 27.4 Å². The molecule has 3 fully saturated rings. The molecule has 10 heteroatoms. The Morgan fingerprint density at radius 1 is 1.00 bits per heavy atom. The molecule has 0 aliphatic carbocycles. The number of piperazine rings is 1. The van der Waals surface area contributed by atoms with Crippen molar-refractivity contribution >= 4 is 23.0 Å². The summed E-state index contributed by atoms with van der Waals surface area (Å²) in [6.07, 6.45) is 5.18. The summed E-state index contributed by atoms with van der Waals surface area (Å²) in [7, 11) is 1.71. The molecule has 3 aliphatic rings. The van der Waals surface area contributed by atoms with Crippen molar-refractivity contribution in [2.45, 2.75) is 38.5 Å². The van der Waals surface area contributed by atoms with Crippen LogP contribution < -0.4 is 15.1 Å². The zero-order chi connectivity index (χ0) is 26.1. The monoisotopic (exact) mass is 521 g/mol. The first kappa shape index (κ1) is 25.1. The van der Waals surface area contributed by atoms with E-state index in [1.54, 1.807) is 24.2 Å². The molecule has 6 rings (SSSR count). The molecule has 4 heterocycles. The molecule has 202 valence electrons. The normalized spacial score (nSPS) is 22.1. The van der Waals surface area contributed by atoms with Crippen LogP contribution in [0.1, 0.15) is 24.8 Å². The Morgan fingerprint density at radius 2 is 1.82 bits per heavy atom. The maximum Gasteiger partial charge on any atom is 0.246 e. The minimum Gasteiger partial charge on any atom is -0.383 e. The van der Waals surface area contributed by atoms with Crippen LogP contribution in [0.3, 0.4) is 0 Å². The molecule has 1 unspecified atom stereocenters. The molecule has 9 nitrogen and oxygen atoms in total. The predicted octanol–water partition coefficient (Wildman–Crippen LogP) is 3.94. The molecule has 0 spiro atoms. The van der Waals surface area contributed by atoms with Crippen molar-refractivity contribution in [1.82, 2.24) is 19.7 Å². The van der Waals surface area contributed by atoms with E-state index in [9.17, 15) is 4.39 Å². The zero-order valence-electron chi connectivity index (χ0n) is 22.1. The number of rotatable bonds is 8. The average molecular weight is 522 g/mol. The van der Waals surface area contributed by atoms with Crippen molar-refractivity contribution in [1.29, 1.82) is 0 Å². The standard InChI is InChI=1S/C28H36FN7O2/c1-20-12-22(16-24(13-20)33-7-9-34(10-8-33)27-5-11-38-27)31-28-30-19-36(32-28)26-15-21(29)14-25(17-26)35-6-3-4-23(35)18-37-2/h12-17,19,23,27H,3-11,18H2,1-2H3,(H,31,32)/t23-,27?/m1/s1. The van der Waals surface area contributed by atoms with E-state index in [4.69, 9.17) is 9.47 Å². The fraction of sp³-hybridized carbons (Fsp3) is 0.500. The van der Waals surface area contributed by atoms with Gasteiger partial charge in [-0.3, -0.25) is 4.90 Å². The first-order valence-corrected chi connectivity index (χ1v) is 13.5. The number of nitrogens with one attached hydrogen (secondary N) is 1. The Balaban J connectivity index is 1.16. The summed E-state index contributed by atoms with van der Waals surface area (Å²) in [5.41, 5.74) is 4.77. The molecule has 0 radical (unpaired) electrons. The summed E-state index contributed by atoms with van der Waals surface area (Å²) in [5, 5.41) is 7.95. The number of methoxy groups -OCH3 is 1. The van der Waals surface area contributed by atoms with E-state index >= 15 is 0 Å². The molecule has 0 saturated carbocycles. The molecule has 3 aromatic rings. The summed E-state index contributed by atoms with van der Waals surface area (Å²) in [6, 6.07) is 11.8. The Hall–Kier alpha value is -3.21. The largest absolute Gasteiger partial charge is 0.383 e. The summed E-state index contributed by atoms with van der Waals surface area (Å²) in [6.45, 7) is 8.46. The highest BCUT2D eigenvalue weighted by atomic mass is 19.1. The smallest absolute Gasteiger partial charge is 0.246 e. The number of aryl methyl sites for hydroxylation is 1. The lowest BCUT2D eigenvalue weighted by Crippen LogP contribution is -2.54. The number of benzene rings is 2. The first-order valence-electron chi connectivity index (χ1n) is 13.5. The van der Waals surface area contributed by atoms with E-state index in [1.165, 1.54) is 17.3 Å². The van der Waals surface area contributed by atoms with E-state index in [0.717, 1.165) is 70.0 Å². The predicted molar refractivity (Wildman–Crippen MR) is 146 cm³/mol. The topological polar surface area (TPSA) is 70.9 Å². The van der Waals surface area contributed by atoms with E-state index in [0.29, 0.717) is 24.5 Å². The van der Waals surface area contributed by atoms with Gasteiger partial charge in [0.05, 0.1) is 24.9 Å². The average Bonchev–Trinajstić information content (AvgIpc) is 3.53. The minimum atomic E-state index is -0.294. The maximum atomic E-state index is 14.6. The number of ether oxygens (including phenoxy) is 2. The van der Waals surface area contributed by atoms with Gasteiger partial charge in [-0.25, -0.2) is 9.07 Å². The highest BCUT2D eigenvalue weighted by molar-refractivity contribution is 5.64. The fourth-order valence-electron chi connectivity index (χ4n) is 5.77. The van der Waals surface area contributed by atoms with Gasteiger partial charge in [-0.2, -0.15) is 4.98 Å². The highest BCUT2D eigenvalue weighted by Crippen LogP contribution is 2.30. The third-order valence-electron chi connectivity index (χ3n) is 7.77. The number of hydrogen-bond acceptors (Lipinski definition) is 8. The molecule has 0 amide bonds. The van der Waals surface area contributed by atoms with Crippen LogP contribution in [0.25, 0.3) is 5.69 Å². The van der Waals surface area contributed by atoms with Crippen molar-refractivity contribution in [2.24, 2.45) is 0 Å². The Bertz CT molecular complexity index is 1260. The molecule has 1 aromatic heterocycles. The molecular formula is C28H36FN7O2. The first-order chi connectivity index (χ1) is 18.6. The van der Waals surface area contributed by atoms with Gasteiger partial charge in [0.15, 0.2) is 0 Å². The van der Waals surface area contributed by atoms with E-state index < -0.39 is 0 Å². The highest BCUT2D eigenvalue weighted by Gasteiger charge is 2.29. The van der Waals surface area contributed by atoms with Gasteiger partial charge in [-0.05, 0) is 61.7 Å². The number of anilines is 4. The summed E-state index contributed by atoms with van der Waals surface area (Å²) in [4.78, 5) is 11.5.